The fourth-order valence-corrected chi connectivity index (χ4v) is 3.08. The van der Waals surface area contributed by atoms with Crippen molar-refractivity contribution in [1.29, 1.82) is 0 Å². The number of aromatic hydroxyl groups is 1. The third kappa shape index (κ3) is 5.05. The first-order valence-electron chi connectivity index (χ1n) is 9.21. The maximum atomic E-state index is 14.5. The molecule has 9 heteroatoms. The lowest BCUT2D eigenvalue weighted by molar-refractivity contribution is -0.139. The molecule has 0 unspecified atom stereocenters. The summed E-state index contributed by atoms with van der Waals surface area (Å²) in [7, 11) is 0. The van der Waals surface area contributed by atoms with Crippen LogP contribution in [-0.2, 0) is 24.0 Å². The molecule has 0 fully saturated rings. The lowest BCUT2D eigenvalue weighted by Gasteiger charge is -2.14. The van der Waals surface area contributed by atoms with Gasteiger partial charge in [-0.3, -0.25) is 9.59 Å². The number of hydrogen-bond acceptors (Lipinski definition) is 4. The molecule has 0 aliphatic heterocycles. The van der Waals surface area contributed by atoms with Crippen molar-refractivity contribution in [3.63, 3.8) is 0 Å². The van der Waals surface area contributed by atoms with Crippen molar-refractivity contribution in [3.8, 4) is 22.6 Å². The van der Waals surface area contributed by atoms with Gasteiger partial charge >= 0.3 is 12.1 Å². The molecule has 3 rings (SSSR count). The highest BCUT2D eigenvalue weighted by Crippen LogP contribution is 2.38. The molecular formula is C23H16F4O5. The number of ether oxygens (including phenoxy) is 1. The number of aliphatic carboxylic acids is 1. The number of hydrogen-bond donors (Lipinski definition) is 2. The van der Waals surface area contributed by atoms with Crippen LogP contribution < -0.4 is 4.74 Å². The van der Waals surface area contributed by atoms with Gasteiger partial charge in [0.25, 0.3) is 0 Å². The van der Waals surface area contributed by atoms with E-state index in [9.17, 15) is 32.3 Å². The molecule has 2 N–H and O–H groups in total. The number of carbonyl (C=O) groups is 2. The molecule has 32 heavy (non-hydrogen) atoms. The Kier molecular flexibility index (Phi) is 6.47. The molecule has 3 aromatic carbocycles. The Morgan fingerprint density at radius 1 is 1.00 bits per heavy atom. The van der Waals surface area contributed by atoms with Crippen molar-refractivity contribution in [2.24, 2.45) is 0 Å². The summed E-state index contributed by atoms with van der Waals surface area (Å²) in [5, 5.41) is 18.6. The van der Waals surface area contributed by atoms with Gasteiger partial charge < -0.3 is 14.9 Å². The molecule has 5 nitrogen and oxygen atoms in total. The normalized spacial score (nSPS) is 11.2. The van der Waals surface area contributed by atoms with Crippen molar-refractivity contribution < 1.29 is 42.1 Å². The van der Waals surface area contributed by atoms with E-state index in [2.05, 4.69) is 0 Å². The molecule has 0 bridgehead atoms. The molecule has 0 aromatic heterocycles. The van der Waals surface area contributed by atoms with Crippen LogP contribution in [-0.4, -0.2) is 22.5 Å². The molecule has 0 aliphatic carbocycles. The van der Waals surface area contributed by atoms with Gasteiger partial charge in [0.15, 0.2) is 17.9 Å². The zero-order chi connectivity index (χ0) is 23.5. The topological polar surface area (TPSA) is 83.8 Å². The summed E-state index contributed by atoms with van der Waals surface area (Å²) in [4.78, 5) is 21.9. The second-order valence-electron chi connectivity index (χ2n) is 6.85. The fourth-order valence-electron chi connectivity index (χ4n) is 3.08. The Balaban J connectivity index is 1.78. The Labute approximate surface area is 179 Å². The molecule has 0 saturated heterocycles. The van der Waals surface area contributed by atoms with Crippen LogP contribution in [0.25, 0.3) is 11.1 Å². The molecule has 0 heterocycles. The number of rotatable bonds is 7. The molecule has 0 aliphatic rings. The van der Waals surface area contributed by atoms with Gasteiger partial charge in [-0.1, -0.05) is 36.4 Å². The van der Waals surface area contributed by atoms with Gasteiger partial charge in [-0.05, 0) is 34.9 Å². The summed E-state index contributed by atoms with van der Waals surface area (Å²) in [6, 6.07) is 12.2. The van der Waals surface area contributed by atoms with Crippen LogP contribution in [0.2, 0.25) is 0 Å². The van der Waals surface area contributed by atoms with Crippen molar-refractivity contribution in [1.82, 2.24) is 0 Å². The van der Waals surface area contributed by atoms with Crippen molar-refractivity contribution >= 4 is 12.3 Å². The largest absolute Gasteiger partial charge is 0.507 e. The summed E-state index contributed by atoms with van der Waals surface area (Å²) in [6.07, 6.45) is -4.89. The zero-order valence-corrected chi connectivity index (χ0v) is 16.3. The summed E-state index contributed by atoms with van der Waals surface area (Å²) in [5.74, 6) is -3.13. The van der Waals surface area contributed by atoms with Gasteiger partial charge in [-0.15, -0.1) is 0 Å². The van der Waals surface area contributed by atoms with Crippen molar-refractivity contribution in [2.75, 3.05) is 0 Å². The first-order valence-corrected chi connectivity index (χ1v) is 9.21. The monoisotopic (exact) mass is 448 g/mol. The van der Waals surface area contributed by atoms with Gasteiger partial charge in [-0.25, -0.2) is 4.39 Å². The minimum Gasteiger partial charge on any atom is -0.507 e. The standard InChI is InChI=1S/C23H16F4O5/c24-19-10-15(14-3-1-13(2-4-14)9-21(29)30)6-8-20(19)32-12-16-5-7-18(23(25,26)27)22(31)17(16)11-28/h1-8,10-11,31H,9,12H2,(H,29,30). The fraction of sp³-hybridized carbons (Fsp3) is 0.130. The Hall–Kier alpha value is -3.88. The third-order valence-corrected chi connectivity index (χ3v) is 4.69. The summed E-state index contributed by atoms with van der Waals surface area (Å²) < 4.78 is 58.4. The van der Waals surface area contributed by atoms with E-state index in [4.69, 9.17) is 9.84 Å². The third-order valence-electron chi connectivity index (χ3n) is 4.69. The second kappa shape index (κ2) is 9.09. The average molecular weight is 448 g/mol. The van der Waals surface area contributed by atoms with E-state index in [1.165, 1.54) is 12.1 Å². The van der Waals surface area contributed by atoms with Crippen LogP contribution in [0, 0.1) is 5.82 Å². The molecule has 0 radical (unpaired) electrons. The highest BCUT2D eigenvalue weighted by Gasteiger charge is 2.35. The first-order chi connectivity index (χ1) is 15.1. The van der Waals surface area contributed by atoms with Crippen molar-refractivity contribution in [2.45, 2.75) is 19.2 Å². The number of carbonyl (C=O) groups excluding carboxylic acids is 1. The summed E-state index contributed by atoms with van der Waals surface area (Å²) in [6.45, 7) is -0.445. The highest BCUT2D eigenvalue weighted by atomic mass is 19.4. The Morgan fingerprint density at radius 2 is 1.66 bits per heavy atom. The smallest absolute Gasteiger partial charge is 0.419 e. The number of phenols is 1. The van der Waals surface area contributed by atoms with E-state index in [-0.39, 0.29) is 24.0 Å². The quantitative estimate of drug-likeness (QED) is 0.382. The molecule has 0 amide bonds. The van der Waals surface area contributed by atoms with E-state index in [1.54, 1.807) is 30.3 Å². The lowest BCUT2D eigenvalue weighted by Crippen LogP contribution is -2.09. The highest BCUT2D eigenvalue weighted by molar-refractivity contribution is 5.82. The molecule has 3 aromatic rings. The van der Waals surface area contributed by atoms with E-state index >= 15 is 0 Å². The van der Waals surface area contributed by atoms with Crippen LogP contribution in [0.4, 0.5) is 17.6 Å². The predicted octanol–water partition coefficient (Wildman–Crippen LogP) is 5.24. The van der Waals surface area contributed by atoms with Gasteiger partial charge in [0, 0.05) is 5.56 Å². The predicted molar refractivity (Wildman–Crippen MR) is 106 cm³/mol. The van der Waals surface area contributed by atoms with Crippen LogP contribution in [0.1, 0.15) is 27.0 Å². The van der Waals surface area contributed by atoms with Crippen LogP contribution in [0.3, 0.4) is 0 Å². The number of alkyl halides is 3. The SMILES string of the molecule is O=Cc1c(COc2ccc(-c3ccc(CC(=O)O)cc3)cc2F)ccc(C(F)(F)F)c1O. The number of phenolic OH excluding ortho intramolecular Hbond substituents is 1. The van der Waals surface area contributed by atoms with Gasteiger partial charge in [0.1, 0.15) is 12.4 Å². The second-order valence-corrected chi connectivity index (χ2v) is 6.85. The number of carboxylic acid groups (broad SMARTS) is 1. The maximum absolute atomic E-state index is 14.5. The van der Waals surface area contributed by atoms with E-state index in [0.29, 0.717) is 22.8 Å². The van der Waals surface area contributed by atoms with Crippen LogP contribution in [0.5, 0.6) is 11.5 Å². The molecule has 0 atom stereocenters. The number of aldehydes is 1. The zero-order valence-electron chi connectivity index (χ0n) is 16.3. The Morgan fingerprint density at radius 3 is 2.22 bits per heavy atom. The minimum atomic E-state index is -4.84. The molecule has 0 saturated carbocycles. The van der Waals surface area contributed by atoms with Crippen LogP contribution >= 0.6 is 0 Å². The molecule has 166 valence electrons. The van der Waals surface area contributed by atoms with Crippen molar-refractivity contribution in [3.05, 3.63) is 82.7 Å². The van der Waals surface area contributed by atoms with E-state index < -0.39 is 41.4 Å². The van der Waals surface area contributed by atoms with E-state index in [0.717, 1.165) is 6.07 Å². The minimum absolute atomic E-state index is 0.0389. The number of carboxylic acids is 1. The summed E-state index contributed by atoms with van der Waals surface area (Å²) >= 11 is 0. The summed E-state index contributed by atoms with van der Waals surface area (Å²) in [5.41, 5.74) is -0.250. The van der Waals surface area contributed by atoms with Gasteiger partial charge in [0.2, 0.25) is 0 Å². The molecule has 0 spiro atoms. The van der Waals surface area contributed by atoms with E-state index in [1.807, 2.05) is 0 Å². The lowest BCUT2D eigenvalue weighted by atomic mass is 10.0. The van der Waals surface area contributed by atoms with Gasteiger partial charge in [0.05, 0.1) is 17.5 Å². The number of halogens is 4. The first kappa shape index (κ1) is 22.8. The number of benzene rings is 3. The Bertz CT molecular complexity index is 1150. The maximum Gasteiger partial charge on any atom is 0.419 e. The molecular weight excluding hydrogens is 432 g/mol. The van der Waals surface area contributed by atoms with Gasteiger partial charge in [-0.2, -0.15) is 13.2 Å². The van der Waals surface area contributed by atoms with Crippen LogP contribution in [0.15, 0.2) is 54.6 Å². The average Bonchev–Trinajstić information content (AvgIpc) is 2.72.